The Morgan fingerprint density at radius 2 is 1.63 bits per heavy atom. The van der Waals surface area contributed by atoms with Crippen LogP contribution >= 0.6 is 34.5 Å². The van der Waals surface area contributed by atoms with Crippen LogP contribution in [0.1, 0.15) is 20.9 Å². The van der Waals surface area contributed by atoms with Gasteiger partial charge in [0.05, 0.1) is 27.0 Å². The van der Waals surface area contributed by atoms with E-state index in [1.165, 1.54) is 38.9 Å². The molecule has 0 aliphatic carbocycles. The van der Waals surface area contributed by atoms with E-state index in [1.807, 2.05) is 17.5 Å². The lowest BCUT2D eigenvalue weighted by molar-refractivity contribution is 0.103. The Balaban J connectivity index is 1.66. The van der Waals surface area contributed by atoms with Gasteiger partial charge in [-0.15, -0.1) is 11.3 Å². The zero-order valence-electron chi connectivity index (χ0n) is 20.5. The van der Waals surface area contributed by atoms with Crippen molar-refractivity contribution in [3.8, 4) is 34.6 Å². The molecule has 1 aromatic heterocycles. The fraction of sp³-hybridized carbons (Fsp3) is 0.107. The number of carbonyl (C=O) groups is 1. The number of nitriles is 1. The molecule has 0 unspecified atom stereocenters. The Hall–Kier alpha value is -4.03. The van der Waals surface area contributed by atoms with Crippen molar-refractivity contribution in [2.24, 2.45) is 0 Å². The first-order valence-electron chi connectivity index (χ1n) is 11.1. The molecule has 0 spiro atoms. The zero-order chi connectivity index (χ0) is 27.2. The maximum Gasteiger partial charge on any atom is 0.203 e. The van der Waals surface area contributed by atoms with Crippen molar-refractivity contribution in [1.82, 2.24) is 4.98 Å². The molecule has 0 atom stereocenters. The van der Waals surface area contributed by atoms with Crippen LogP contribution in [-0.4, -0.2) is 32.1 Å². The minimum Gasteiger partial charge on any atom is -0.493 e. The maximum absolute atomic E-state index is 13.6. The lowest BCUT2D eigenvalue weighted by atomic mass is 10.0. The topological polar surface area (TPSA) is 93.5 Å². The van der Waals surface area contributed by atoms with Gasteiger partial charge >= 0.3 is 0 Å². The van der Waals surface area contributed by atoms with Crippen LogP contribution in [0.5, 0.6) is 17.2 Å². The van der Waals surface area contributed by atoms with Gasteiger partial charge in [0.15, 0.2) is 17.3 Å². The van der Waals surface area contributed by atoms with Crippen LogP contribution in [0.15, 0.2) is 66.2 Å². The second-order valence-corrected chi connectivity index (χ2v) is 9.52. The van der Waals surface area contributed by atoms with Crippen molar-refractivity contribution in [1.29, 1.82) is 5.26 Å². The highest BCUT2D eigenvalue weighted by Crippen LogP contribution is 2.39. The summed E-state index contributed by atoms with van der Waals surface area (Å²) in [6, 6.07) is 17.5. The molecule has 1 N–H and O–H groups in total. The SMILES string of the molecule is COc1cc(C(=O)c2cc(Cl)ccc2NC=C(C#N)c2nc(-c3ccc(Cl)cc3)cs2)cc(OC)c1OC. The molecule has 0 fully saturated rings. The molecule has 38 heavy (non-hydrogen) atoms. The van der Waals surface area contributed by atoms with Crippen LogP contribution in [0, 0.1) is 11.3 Å². The number of nitrogens with one attached hydrogen (secondary N) is 1. The molecular formula is C28H21Cl2N3O4S. The Morgan fingerprint density at radius 1 is 0.974 bits per heavy atom. The molecule has 4 rings (SSSR count). The molecule has 0 amide bonds. The average Bonchev–Trinajstić information content (AvgIpc) is 3.43. The molecule has 192 valence electrons. The van der Waals surface area contributed by atoms with Gasteiger partial charge in [-0.2, -0.15) is 5.26 Å². The fourth-order valence-electron chi connectivity index (χ4n) is 3.64. The van der Waals surface area contributed by atoms with Crippen LogP contribution in [0.4, 0.5) is 5.69 Å². The van der Waals surface area contributed by atoms with E-state index in [0.29, 0.717) is 54.7 Å². The number of methoxy groups -OCH3 is 3. The van der Waals surface area contributed by atoms with E-state index in [9.17, 15) is 10.1 Å². The summed E-state index contributed by atoms with van der Waals surface area (Å²) in [5.41, 5.74) is 2.97. The number of ether oxygens (including phenoxy) is 3. The molecule has 0 aliphatic rings. The Morgan fingerprint density at radius 3 is 2.24 bits per heavy atom. The van der Waals surface area contributed by atoms with Gasteiger partial charge in [0, 0.05) is 44.0 Å². The summed E-state index contributed by atoms with van der Waals surface area (Å²) in [6.45, 7) is 0. The number of halogens is 2. The first kappa shape index (κ1) is 27.0. The van der Waals surface area contributed by atoms with Crippen molar-refractivity contribution in [2.45, 2.75) is 0 Å². The van der Waals surface area contributed by atoms with Crippen LogP contribution in [0.3, 0.4) is 0 Å². The number of thiazole rings is 1. The quantitative estimate of drug-likeness (QED) is 0.167. The maximum atomic E-state index is 13.6. The number of allylic oxidation sites excluding steroid dienone is 1. The lowest BCUT2D eigenvalue weighted by Gasteiger charge is -2.15. The van der Waals surface area contributed by atoms with E-state index in [4.69, 9.17) is 37.4 Å². The molecule has 1 heterocycles. The van der Waals surface area contributed by atoms with Gasteiger partial charge in [0.2, 0.25) is 5.75 Å². The van der Waals surface area contributed by atoms with Gasteiger partial charge in [-0.25, -0.2) is 4.98 Å². The number of carbonyl (C=O) groups excluding carboxylic acids is 1. The van der Waals surface area contributed by atoms with E-state index >= 15 is 0 Å². The smallest absolute Gasteiger partial charge is 0.203 e. The molecule has 0 saturated carbocycles. The fourth-order valence-corrected chi connectivity index (χ4v) is 4.73. The largest absolute Gasteiger partial charge is 0.493 e. The van der Waals surface area contributed by atoms with Gasteiger partial charge in [-0.1, -0.05) is 35.3 Å². The number of nitrogens with zero attached hydrogens (tertiary/aromatic N) is 2. The zero-order valence-corrected chi connectivity index (χ0v) is 22.9. The summed E-state index contributed by atoms with van der Waals surface area (Å²) in [6.07, 6.45) is 1.51. The van der Waals surface area contributed by atoms with E-state index in [1.54, 1.807) is 42.5 Å². The van der Waals surface area contributed by atoms with Crippen molar-refractivity contribution < 1.29 is 19.0 Å². The molecule has 7 nitrogen and oxygen atoms in total. The predicted molar refractivity (Wildman–Crippen MR) is 151 cm³/mol. The molecule has 0 radical (unpaired) electrons. The summed E-state index contributed by atoms with van der Waals surface area (Å²) < 4.78 is 16.1. The third-order valence-electron chi connectivity index (χ3n) is 5.52. The standard InChI is InChI=1S/C28H21Cl2N3O4S/c1-35-24-10-17(11-25(36-2)27(24)37-3)26(34)21-12-20(30)8-9-22(21)32-14-18(13-31)28-33-23(15-38-28)16-4-6-19(29)7-5-16/h4-12,14-15,32H,1-3H3. The Kier molecular flexibility index (Phi) is 8.54. The summed E-state index contributed by atoms with van der Waals surface area (Å²) in [5, 5.41) is 16.3. The van der Waals surface area contributed by atoms with Crippen molar-refractivity contribution in [3.63, 3.8) is 0 Å². The van der Waals surface area contributed by atoms with Crippen LogP contribution in [-0.2, 0) is 0 Å². The molecular weight excluding hydrogens is 545 g/mol. The van der Waals surface area contributed by atoms with Crippen molar-refractivity contribution in [3.05, 3.63) is 92.4 Å². The number of aromatic nitrogens is 1. The van der Waals surface area contributed by atoms with Crippen LogP contribution in [0.2, 0.25) is 10.0 Å². The van der Waals surface area contributed by atoms with Crippen LogP contribution < -0.4 is 19.5 Å². The monoisotopic (exact) mass is 565 g/mol. The number of benzene rings is 3. The van der Waals surface area contributed by atoms with E-state index < -0.39 is 0 Å². The Bertz CT molecular complexity index is 1530. The second-order valence-electron chi connectivity index (χ2n) is 7.79. The van der Waals surface area contributed by atoms with Gasteiger partial charge in [-0.3, -0.25) is 4.79 Å². The summed E-state index contributed by atoms with van der Waals surface area (Å²) in [4.78, 5) is 18.2. The van der Waals surface area contributed by atoms with Gasteiger partial charge in [0.1, 0.15) is 16.6 Å². The van der Waals surface area contributed by atoms with E-state index in [0.717, 1.165) is 11.3 Å². The highest BCUT2D eigenvalue weighted by atomic mass is 35.5. The molecule has 3 aromatic carbocycles. The highest BCUT2D eigenvalue weighted by molar-refractivity contribution is 7.11. The van der Waals surface area contributed by atoms with Gasteiger partial charge in [0.25, 0.3) is 0 Å². The average molecular weight is 566 g/mol. The molecule has 0 aliphatic heterocycles. The minimum absolute atomic E-state index is 0.293. The summed E-state index contributed by atoms with van der Waals surface area (Å²) in [5.74, 6) is 0.733. The minimum atomic E-state index is -0.333. The number of hydrogen-bond donors (Lipinski definition) is 1. The van der Waals surface area contributed by atoms with Gasteiger partial charge < -0.3 is 19.5 Å². The molecule has 10 heteroatoms. The van der Waals surface area contributed by atoms with E-state index in [2.05, 4.69) is 16.4 Å². The normalized spacial score (nSPS) is 11.0. The number of hydrogen-bond acceptors (Lipinski definition) is 8. The van der Waals surface area contributed by atoms with Crippen molar-refractivity contribution >= 4 is 51.6 Å². The lowest BCUT2D eigenvalue weighted by Crippen LogP contribution is -2.07. The van der Waals surface area contributed by atoms with Gasteiger partial charge in [-0.05, 0) is 42.5 Å². The number of anilines is 1. The first-order valence-corrected chi connectivity index (χ1v) is 12.7. The first-order chi connectivity index (χ1) is 18.4. The van der Waals surface area contributed by atoms with Crippen LogP contribution in [0.25, 0.3) is 16.8 Å². The third kappa shape index (κ3) is 5.76. The molecule has 0 bridgehead atoms. The molecule has 0 saturated heterocycles. The van der Waals surface area contributed by atoms with E-state index in [-0.39, 0.29) is 5.78 Å². The highest BCUT2D eigenvalue weighted by Gasteiger charge is 2.20. The molecule has 4 aromatic rings. The number of ketones is 1. The Labute approximate surface area is 233 Å². The predicted octanol–water partition coefficient (Wildman–Crippen LogP) is 7.35. The summed E-state index contributed by atoms with van der Waals surface area (Å²) in [7, 11) is 4.44. The van der Waals surface area contributed by atoms with Crippen molar-refractivity contribution in [2.75, 3.05) is 26.6 Å². The summed E-state index contributed by atoms with van der Waals surface area (Å²) >= 11 is 13.5. The second kappa shape index (κ2) is 12.0. The third-order valence-corrected chi connectivity index (χ3v) is 6.88. The number of rotatable bonds is 9.